The fourth-order valence-electron chi connectivity index (χ4n) is 3.25. The molecular weight excluding hydrogens is 334 g/mol. The molecule has 1 heterocycles. The fraction of sp³-hybridized carbons (Fsp3) is 0.391. The molecule has 1 N–H and O–H groups in total. The quantitative estimate of drug-likeness (QED) is 0.677. The molecule has 142 valence electrons. The second kappa shape index (κ2) is 7.95. The van der Waals surface area contributed by atoms with Crippen molar-refractivity contribution in [3.63, 3.8) is 0 Å². The summed E-state index contributed by atoms with van der Waals surface area (Å²) in [6.45, 7) is 8.87. The number of benzene rings is 2. The zero-order valence-electron chi connectivity index (χ0n) is 16.7. The van der Waals surface area contributed by atoms with E-state index in [4.69, 9.17) is 4.98 Å². The first kappa shape index (κ1) is 19.2. The van der Waals surface area contributed by atoms with E-state index < -0.39 is 5.41 Å². The lowest BCUT2D eigenvalue weighted by atomic mass is 9.94. The summed E-state index contributed by atoms with van der Waals surface area (Å²) in [7, 11) is 0. The van der Waals surface area contributed by atoms with Gasteiger partial charge in [-0.2, -0.15) is 0 Å². The van der Waals surface area contributed by atoms with Crippen molar-refractivity contribution in [3.05, 3.63) is 66.0 Å². The highest BCUT2D eigenvalue weighted by Crippen LogP contribution is 2.26. The van der Waals surface area contributed by atoms with Crippen LogP contribution < -0.4 is 5.32 Å². The summed E-state index contributed by atoms with van der Waals surface area (Å²) in [4.78, 5) is 17.7. The second-order valence-electron chi connectivity index (χ2n) is 8.08. The number of hydrogen-bond acceptors (Lipinski definition) is 2. The minimum absolute atomic E-state index is 0.0403. The molecule has 4 nitrogen and oxygen atoms in total. The summed E-state index contributed by atoms with van der Waals surface area (Å²) in [6.07, 6.45) is 1.73. The van der Waals surface area contributed by atoms with Crippen LogP contribution in [0.25, 0.3) is 11.0 Å². The smallest absolute Gasteiger partial charge is 0.225 e. The minimum Gasteiger partial charge on any atom is -0.345 e. The van der Waals surface area contributed by atoms with Gasteiger partial charge in [-0.1, -0.05) is 70.2 Å². The normalized spacial score (nSPS) is 12.9. The molecular formula is C23H29N3O. The Labute approximate surface area is 161 Å². The number of nitrogens with zero attached hydrogens (tertiary/aromatic N) is 2. The highest BCUT2D eigenvalue weighted by atomic mass is 16.2. The standard InChI is InChI=1S/C23H29N3O/c1-5-15-26-20-14-10-9-13-18(20)24-21(26)19(25-22(27)23(2,3)4)16-17-11-7-6-8-12-17/h6-14,19H,5,15-16H2,1-4H3,(H,25,27)/t19-/m0/s1. The number of fused-ring (bicyclic) bond motifs is 1. The van der Waals surface area contributed by atoms with Gasteiger partial charge in [0.2, 0.25) is 5.91 Å². The van der Waals surface area contributed by atoms with Crippen LogP contribution in [0.2, 0.25) is 0 Å². The molecule has 3 aromatic rings. The molecule has 0 aliphatic carbocycles. The van der Waals surface area contributed by atoms with E-state index in [9.17, 15) is 4.79 Å². The van der Waals surface area contributed by atoms with Crippen molar-refractivity contribution in [2.75, 3.05) is 0 Å². The molecule has 0 spiro atoms. The van der Waals surface area contributed by atoms with Gasteiger partial charge in [0.05, 0.1) is 17.1 Å². The number of carbonyl (C=O) groups is 1. The van der Waals surface area contributed by atoms with E-state index >= 15 is 0 Å². The van der Waals surface area contributed by atoms with Crippen LogP contribution in [0.4, 0.5) is 0 Å². The Balaban J connectivity index is 2.05. The van der Waals surface area contributed by atoms with Crippen LogP contribution in [0.1, 0.15) is 51.5 Å². The summed E-state index contributed by atoms with van der Waals surface area (Å²) < 4.78 is 2.26. The van der Waals surface area contributed by atoms with Crippen molar-refractivity contribution >= 4 is 16.9 Å². The van der Waals surface area contributed by atoms with Crippen LogP contribution in [0.15, 0.2) is 54.6 Å². The van der Waals surface area contributed by atoms with Crippen molar-refractivity contribution in [3.8, 4) is 0 Å². The lowest BCUT2D eigenvalue weighted by Gasteiger charge is -2.25. The first-order valence-corrected chi connectivity index (χ1v) is 9.70. The first-order valence-electron chi connectivity index (χ1n) is 9.70. The molecule has 27 heavy (non-hydrogen) atoms. The van der Waals surface area contributed by atoms with Gasteiger partial charge in [0.1, 0.15) is 5.82 Å². The van der Waals surface area contributed by atoms with Crippen LogP contribution in [0.5, 0.6) is 0 Å². The molecule has 0 unspecified atom stereocenters. The van der Waals surface area contributed by atoms with Crippen molar-refractivity contribution in [1.29, 1.82) is 0 Å². The van der Waals surface area contributed by atoms with Gasteiger partial charge in [-0.15, -0.1) is 0 Å². The molecule has 3 rings (SSSR count). The molecule has 0 saturated heterocycles. The summed E-state index contributed by atoms with van der Waals surface area (Å²) in [5.74, 6) is 0.970. The molecule has 1 atom stereocenters. The Kier molecular flexibility index (Phi) is 5.64. The molecule has 1 aromatic heterocycles. The second-order valence-corrected chi connectivity index (χ2v) is 8.08. The highest BCUT2D eigenvalue weighted by Gasteiger charge is 2.28. The Morgan fingerprint density at radius 3 is 2.41 bits per heavy atom. The molecule has 0 radical (unpaired) electrons. The first-order chi connectivity index (χ1) is 12.9. The molecule has 0 bridgehead atoms. The van der Waals surface area contributed by atoms with Crippen LogP contribution in [-0.2, 0) is 17.8 Å². The molecule has 1 amide bonds. The van der Waals surface area contributed by atoms with E-state index in [2.05, 4.69) is 35.0 Å². The maximum Gasteiger partial charge on any atom is 0.225 e. The lowest BCUT2D eigenvalue weighted by Crippen LogP contribution is -2.39. The average molecular weight is 364 g/mol. The number of para-hydroxylation sites is 2. The van der Waals surface area contributed by atoms with E-state index in [1.807, 2.05) is 57.2 Å². The maximum atomic E-state index is 12.8. The average Bonchev–Trinajstić information content (AvgIpc) is 3.00. The SMILES string of the molecule is CCCn1c([C@H](Cc2ccccc2)NC(=O)C(C)(C)C)nc2ccccc21. The monoisotopic (exact) mass is 363 g/mol. The highest BCUT2D eigenvalue weighted by molar-refractivity contribution is 5.82. The number of nitrogens with one attached hydrogen (secondary N) is 1. The Bertz CT molecular complexity index is 906. The van der Waals surface area contributed by atoms with E-state index in [-0.39, 0.29) is 11.9 Å². The molecule has 0 saturated carbocycles. The number of amides is 1. The molecule has 0 aliphatic rings. The Morgan fingerprint density at radius 2 is 1.74 bits per heavy atom. The third-order valence-electron chi connectivity index (χ3n) is 4.71. The van der Waals surface area contributed by atoms with Crippen molar-refractivity contribution < 1.29 is 4.79 Å². The van der Waals surface area contributed by atoms with Crippen LogP contribution >= 0.6 is 0 Å². The van der Waals surface area contributed by atoms with Crippen molar-refractivity contribution in [1.82, 2.24) is 14.9 Å². The zero-order chi connectivity index (χ0) is 19.4. The van der Waals surface area contributed by atoms with Gasteiger partial charge in [-0.05, 0) is 30.5 Å². The van der Waals surface area contributed by atoms with Gasteiger partial charge in [0.25, 0.3) is 0 Å². The topological polar surface area (TPSA) is 46.9 Å². The third kappa shape index (κ3) is 4.38. The van der Waals surface area contributed by atoms with E-state index in [0.29, 0.717) is 0 Å². The fourth-order valence-corrected chi connectivity index (χ4v) is 3.25. The number of rotatable bonds is 6. The van der Waals surface area contributed by atoms with Crippen molar-refractivity contribution in [2.24, 2.45) is 5.41 Å². The van der Waals surface area contributed by atoms with Gasteiger partial charge >= 0.3 is 0 Å². The largest absolute Gasteiger partial charge is 0.345 e. The molecule has 0 aliphatic heterocycles. The molecule has 0 fully saturated rings. The Hall–Kier alpha value is -2.62. The number of hydrogen-bond donors (Lipinski definition) is 1. The minimum atomic E-state index is -0.448. The third-order valence-corrected chi connectivity index (χ3v) is 4.71. The van der Waals surface area contributed by atoms with Crippen molar-refractivity contribution in [2.45, 2.75) is 53.1 Å². The molecule has 4 heteroatoms. The number of aromatic nitrogens is 2. The van der Waals surface area contributed by atoms with Crippen LogP contribution in [-0.4, -0.2) is 15.5 Å². The van der Waals surface area contributed by atoms with Crippen LogP contribution in [0.3, 0.4) is 0 Å². The zero-order valence-corrected chi connectivity index (χ0v) is 16.7. The van der Waals surface area contributed by atoms with Gasteiger partial charge in [-0.25, -0.2) is 4.98 Å². The number of carbonyl (C=O) groups excluding carboxylic acids is 1. The summed E-state index contributed by atoms with van der Waals surface area (Å²) in [5, 5.41) is 3.26. The predicted octanol–water partition coefficient (Wildman–Crippen LogP) is 4.89. The predicted molar refractivity (Wildman–Crippen MR) is 111 cm³/mol. The van der Waals surface area contributed by atoms with E-state index in [1.165, 1.54) is 5.56 Å². The van der Waals surface area contributed by atoms with E-state index in [0.717, 1.165) is 36.2 Å². The summed E-state index contributed by atoms with van der Waals surface area (Å²) in [5.41, 5.74) is 2.84. The number of aryl methyl sites for hydroxylation is 1. The van der Waals surface area contributed by atoms with Gasteiger partial charge in [-0.3, -0.25) is 4.79 Å². The van der Waals surface area contributed by atoms with Gasteiger partial charge in [0, 0.05) is 12.0 Å². The van der Waals surface area contributed by atoms with Gasteiger partial charge in [0.15, 0.2) is 0 Å². The number of imidazole rings is 1. The van der Waals surface area contributed by atoms with Crippen LogP contribution in [0, 0.1) is 5.41 Å². The summed E-state index contributed by atoms with van der Waals surface area (Å²) in [6, 6.07) is 18.3. The van der Waals surface area contributed by atoms with E-state index in [1.54, 1.807) is 0 Å². The van der Waals surface area contributed by atoms with Gasteiger partial charge < -0.3 is 9.88 Å². The molecule has 2 aromatic carbocycles. The summed E-state index contributed by atoms with van der Waals surface area (Å²) >= 11 is 0. The Morgan fingerprint density at radius 1 is 1.07 bits per heavy atom. The lowest BCUT2D eigenvalue weighted by molar-refractivity contribution is -0.129. The maximum absolute atomic E-state index is 12.8.